The Bertz CT molecular complexity index is 190. The zero-order valence-electron chi connectivity index (χ0n) is 7.51. The van der Waals surface area contributed by atoms with E-state index >= 15 is 0 Å². The molecule has 2 N–H and O–H groups in total. The van der Waals surface area contributed by atoms with Crippen LogP contribution in [0.15, 0.2) is 0 Å². The van der Waals surface area contributed by atoms with Crippen LogP contribution >= 0.6 is 0 Å². The molecule has 2 rings (SSSR count). The zero-order valence-corrected chi connectivity index (χ0v) is 7.51. The molecule has 2 nitrogen and oxygen atoms in total. The van der Waals surface area contributed by atoms with E-state index in [9.17, 15) is 4.79 Å². The lowest BCUT2D eigenvalue weighted by molar-refractivity contribution is -0.129. The molecule has 0 saturated heterocycles. The summed E-state index contributed by atoms with van der Waals surface area (Å²) in [5.41, 5.74) is 5.63. The molecule has 0 bridgehead atoms. The summed E-state index contributed by atoms with van der Waals surface area (Å²) in [5.74, 6) is 0.883. The van der Waals surface area contributed by atoms with Crippen LogP contribution in [-0.4, -0.2) is 12.3 Å². The molecule has 2 saturated carbocycles. The lowest BCUT2D eigenvalue weighted by Gasteiger charge is -2.25. The second-order valence-electron chi connectivity index (χ2n) is 4.33. The van der Waals surface area contributed by atoms with E-state index in [-0.39, 0.29) is 5.41 Å². The molecule has 0 radical (unpaired) electrons. The predicted octanol–water partition coefficient (Wildman–Crippen LogP) is 1.48. The Morgan fingerprint density at radius 2 is 1.92 bits per heavy atom. The Kier molecular flexibility index (Phi) is 1.95. The molecule has 0 spiro atoms. The maximum Gasteiger partial charge on any atom is 0.143 e. The van der Waals surface area contributed by atoms with Crippen LogP contribution in [0.4, 0.5) is 0 Å². The minimum absolute atomic E-state index is 0.0822. The van der Waals surface area contributed by atoms with Crippen molar-refractivity contribution in [2.24, 2.45) is 17.1 Å². The van der Waals surface area contributed by atoms with Gasteiger partial charge in [-0.05, 0) is 25.7 Å². The largest absolute Gasteiger partial charge is 0.329 e. The molecule has 2 heteroatoms. The molecular weight excluding hydrogens is 150 g/mol. The first-order valence-corrected chi connectivity index (χ1v) is 5.03. The lowest BCUT2D eigenvalue weighted by Crippen LogP contribution is -2.37. The highest BCUT2D eigenvalue weighted by atomic mass is 16.1. The van der Waals surface area contributed by atoms with E-state index < -0.39 is 0 Å². The SMILES string of the molecule is NCC1(C(=O)C2CC2)CCCC1. The van der Waals surface area contributed by atoms with Gasteiger partial charge in [0.15, 0.2) is 0 Å². The molecule has 0 atom stereocenters. The third-order valence-corrected chi connectivity index (χ3v) is 3.42. The van der Waals surface area contributed by atoms with E-state index in [1.165, 1.54) is 12.8 Å². The van der Waals surface area contributed by atoms with Gasteiger partial charge in [-0.1, -0.05) is 12.8 Å². The normalized spacial score (nSPS) is 27.4. The van der Waals surface area contributed by atoms with Crippen molar-refractivity contribution in [1.82, 2.24) is 0 Å². The number of hydrogen-bond donors (Lipinski definition) is 1. The van der Waals surface area contributed by atoms with Crippen LogP contribution in [0.3, 0.4) is 0 Å². The Morgan fingerprint density at radius 1 is 1.33 bits per heavy atom. The van der Waals surface area contributed by atoms with Gasteiger partial charge in [-0.15, -0.1) is 0 Å². The van der Waals surface area contributed by atoms with Gasteiger partial charge in [0.1, 0.15) is 5.78 Å². The minimum atomic E-state index is -0.0822. The topological polar surface area (TPSA) is 43.1 Å². The number of nitrogens with two attached hydrogens (primary N) is 1. The number of hydrogen-bond acceptors (Lipinski definition) is 2. The van der Waals surface area contributed by atoms with Crippen molar-refractivity contribution >= 4 is 5.78 Å². The summed E-state index contributed by atoms with van der Waals surface area (Å²) in [7, 11) is 0. The third kappa shape index (κ3) is 1.18. The Balaban J connectivity index is 2.09. The summed E-state index contributed by atoms with van der Waals surface area (Å²) in [6.45, 7) is 0.586. The molecule has 2 aliphatic carbocycles. The van der Waals surface area contributed by atoms with Crippen molar-refractivity contribution in [2.45, 2.75) is 38.5 Å². The molecule has 0 aliphatic heterocycles. The van der Waals surface area contributed by atoms with Crippen molar-refractivity contribution in [2.75, 3.05) is 6.54 Å². The molecule has 2 aliphatic rings. The summed E-state index contributed by atoms with van der Waals surface area (Å²) in [6, 6.07) is 0. The summed E-state index contributed by atoms with van der Waals surface area (Å²) in [5, 5.41) is 0. The predicted molar refractivity (Wildman–Crippen MR) is 47.7 cm³/mol. The molecule has 0 aromatic rings. The van der Waals surface area contributed by atoms with Crippen LogP contribution in [0.5, 0.6) is 0 Å². The number of carbonyl (C=O) groups is 1. The van der Waals surface area contributed by atoms with Crippen LogP contribution in [0, 0.1) is 11.3 Å². The van der Waals surface area contributed by atoms with E-state index in [0.717, 1.165) is 25.7 Å². The maximum absolute atomic E-state index is 11.9. The van der Waals surface area contributed by atoms with Gasteiger partial charge in [-0.3, -0.25) is 4.79 Å². The molecule has 68 valence electrons. The minimum Gasteiger partial charge on any atom is -0.329 e. The molecule has 12 heavy (non-hydrogen) atoms. The fourth-order valence-corrected chi connectivity index (χ4v) is 2.38. The summed E-state index contributed by atoms with van der Waals surface area (Å²) >= 11 is 0. The molecule has 0 aromatic carbocycles. The number of carbonyl (C=O) groups excluding carboxylic acids is 1. The number of ketones is 1. The highest BCUT2D eigenvalue weighted by Crippen LogP contribution is 2.45. The van der Waals surface area contributed by atoms with Gasteiger partial charge in [0, 0.05) is 17.9 Å². The average Bonchev–Trinajstić information content (AvgIpc) is 2.83. The first-order chi connectivity index (χ1) is 5.78. The van der Waals surface area contributed by atoms with Crippen LogP contribution in [-0.2, 0) is 4.79 Å². The maximum atomic E-state index is 11.9. The summed E-state index contributed by atoms with van der Waals surface area (Å²) in [6.07, 6.45) is 6.77. The van der Waals surface area contributed by atoms with E-state index in [0.29, 0.717) is 18.2 Å². The number of rotatable bonds is 3. The smallest absolute Gasteiger partial charge is 0.143 e. The van der Waals surface area contributed by atoms with Crippen molar-refractivity contribution < 1.29 is 4.79 Å². The van der Waals surface area contributed by atoms with Crippen molar-refractivity contribution in [1.29, 1.82) is 0 Å². The third-order valence-electron chi connectivity index (χ3n) is 3.42. The van der Waals surface area contributed by atoms with E-state index in [1.807, 2.05) is 0 Å². The first kappa shape index (κ1) is 8.24. The summed E-state index contributed by atoms with van der Waals surface area (Å²) in [4.78, 5) is 11.9. The van der Waals surface area contributed by atoms with Gasteiger partial charge >= 0.3 is 0 Å². The van der Waals surface area contributed by atoms with E-state index in [1.54, 1.807) is 0 Å². The van der Waals surface area contributed by atoms with Gasteiger partial charge in [-0.2, -0.15) is 0 Å². The fourth-order valence-electron chi connectivity index (χ4n) is 2.38. The quantitative estimate of drug-likeness (QED) is 0.692. The zero-order chi connectivity index (χ0) is 8.60. The van der Waals surface area contributed by atoms with Gasteiger partial charge in [0.05, 0.1) is 0 Å². The van der Waals surface area contributed by atoms with Gasteiger partial charge in [0.25, 0.3) is 0 Å². The standard InChI is InChI=1S/C10H17NO/c11-7-10(5-1-2-6-10)9(12)8-3-4-8/h8H,1-7,11H2. The van der Waals surface area contributed by atoms with Crippen molar-refractivity contribution in [3.05, 3.63) is 0 Å². The number of Topliss-reactive ketones (excluding diaryl/α,β-unsaturated/α-hetero) is 1. The highest BCUT2D eigenvalue weighted by molar-refractivity contribution is 5.89. The van der Waals surface area contributed by atoms with Gasteiger partial charge in [0.2, 0.25) is 0 Å². The Hall–Kier alpha value is -0.370. The van der Waals surface area contributed by atoms with Crippen molar-refractivity contribution in [3.63, 3.8) is 0 Å². The Morgan fingerprint density at radius 3 is 2.33 bits per heavy atom. The molecule has 2 fully saturated rings. The van der Waals surface area contributed by atoms with E-state index in [4.69, 9.17) is 5.73 Å². The molecular formula is C10H17NO. The van der Waals surface area contributed by atoms with Crippen LogP contribution in [0.25, 0.3) is 0 Å². The Labute approximate surface area is 73.5 Å². The average molecular weight is 167 g/mol. The highest BCUT2D eigenvalue weighted by Gasteiger charge is 2.46. The van der Waals surface area contributed by atoms with Gasteiger partial charge in [-0.25, -0.2) is 0 Å². The van der Waals surface area contributed by atoms with E-state index in [2.05, 4.69) is 0 Å². The second-order valence-corrected chi connectivity index (χ2v) is 4.33. The first-order valence-electron chi connectivity index (χ1n) is 5.03. The van der Waals surface area contributed by atoms with Gasteiger partial charge < -0.3 is 5.73 Å². The van der Waals surface area contributed by atoms with Crippen LogP contribution < -0.4 is 5.73 Å². The molecule has 0 aromatic heterocycles. The van der Waals surface area contributed by atoms with Crippen molar-refractivity contribution in [3.8, 4) is 0 Å². The fraction of sp³-hybridized carbons (Fsp3) is 0.900. The van der Waals surface area contributed by atoms with Crippen LogP contribution in [0.2, 0.25) is 0 Å². The van der Waals surface area contributed by atoms with Crippen LogP contribution in [0.1, 0.15) is 38.5 Å². The second kappa shape index (κ2) is 2.84. The lowest BCUT2D eigenvalue weighted by atomic mass is 9.80. The molecule has 0 heterocycles. The monoisotopic (exact) mass is 167 g/mol. The molecule has 0 amide bonds. The molecule has 0 unspecified atom stereocenters. The summed E-state index contributed by atoms with van der Waals surface area (Å²) < 4.78 is 0.